The van der Waals surface area contributed by atoms with Gasteiger partial charge in [-0.1, -0.05) is 18.2 Å². The maximum atomic E-state index is 12.6. The van der Waals surface area contributed by atoms with Gasteiger partial charge in [0.15, 0.2) is 0 Å². The lowest BCUT2D eigenvalue weighted by Crippen LogP contribution is -2.43. The Balaban J connectivity index is 0.000000320. The SMILES string of the molecule is C=CCS(=O)(=O)n1cc(CN2CCN(C)CC2)c2cc([N+](=O)[O-])ccc21.COc1ccccc1Br. The van der Waals surface area contributed by atoms with E-state index in [2.05, 4.69) is 39.4 Å². The van der Waals surface area contributed by atoms with Crippen LogP contribution in [0.1, 0.15) is 5.56 Å². The van der Waals surface area contributed by atoms with Gasteiger partial charge in [-0.25, -0.2) is 12.4 Å². The number of methoxy groups -OCH3 is 1. The predicted octanol–water partition coefficient (Wildman–Crippen LogP) is 4.12. The molecule has 0 spiro atoms. The summed E-state index contributed by atoms with van der Waals surface area (Å²) in [4.78, 5) is 15.1. The molecule has 11 heteroatoms. The number of benzene rings is 2. The highest BCUT2D eigenvalue weighted by atomic mass is 79.9. The lowest BCUT2D eigenvalue weighted by molar-refractivity contribution is -0.384. The van der Waals surface area contributed by atoms with Gasteiger partial charge in [0.1, 0.15) is 5.75 Å². The van der Waals surface area contributed by atoms with E-state index in [4.69, 9.17) is 4.74 Å². The molecule has 35 heavy (non-hydrogen) atoms. The molecule has 188 valence electrons. The number of fused-ring (bicyclic) bond motifs is 1. The predicted molar refractivity (Wildman–Crippen MR) is 141 cm³/mol. The first-order chi connectivity index (χ1) is 16.7. The molecule has 0 unspecified atom stereocenters. The molecule has 1 aliphatic heterocycles. The average Bonchev–Trinajstić information content (AvgIpc) is 3.20. The Hall–Kier alpha value is -2.73. The first-order valence-corrected chi connectivity index (χ1v) is 13.4. The number of likely N-dealkylation sites (N-methyl/N-ethyl adjacent to an activating group) is 1. The number of hydrogen-bond acceptors (Lipinski definition) is 7. The third-order valence-electron chi connectivity index (χ3n) is 5.72. The van der Waals surface area contributed by atoms with Crippen LogP contribution in [0, 0.1) is 10.1 Å². The lowest BCUT2D eigenvalue weighted by atomic mass is 10.1. The highest BCUT2D eigenvalue weighted by Gasteiger charge is 2.22. The second kappa shape index (κ2) is 11.8. The van der Waals surface area contributed by atoms with Crippen molar-refractivity contribution in [3.05, 3.63) is 81.5 Å². The van der Waals surface area contributed by atoms with Crippen molar-refractivity contribution in [2.45, 2.75) is 6.54 Å². The summed E-state index contributed by atoms with van der Waals surface area (Å²) >= 11 is 3.33. The molecule has 0 saturated carbocycles. The van der Waals surface area contributed by atoms with Crippen molar-refractivity contribution >= 4 is 42.5 Å². The van der Waals surface area contributed by atoms with Gasteiger partial charge in [-0.3, -0.25) is 15.0 Å². The number of hydrogen-bond donors (Lipinski definition) is 0. The Kier molecular flexibility index (Phi) is 9.06. The summed E-state index contributed by atoms with van der Waals surface area (Å²) in [6.45, 7) is 7.68. The van der Waals surface area contributed by atoms with Gasteiger partial charge in [0.25, 0.3) is 5.69 Å². The third kappa shape index (κ3) is 6.69. The maximum Gasteiger partial charge on any atom is 0.270 e. The fraction of sp³-hybridized carbons (Fsp3) is 0.333. The molecular formula is C24H29BrN4O5S. The number of non-ortho nitro benzene ring substituents is 1. The number of para-hydroxylation sites is 1. The van der Waals surface area contributed by atoms with Gasteiger partial charge in [-0.15, -0.1) is 6.58 Å². The second-order valence-electron chi connectivity index (χ2n) is 8.19. The van der Waals surface area contributed by atoms with E-state index in [0.717, 1.165) is 42.0 Å². The summed E-state index contributed by atoms with van der Waals surface area (Å²) in [5.41, 5.74) is 1.19. The zero-order valence-corrected chi connectivity index (χ0v) is 22.2. The first kappa shape index (κ1) is 26.9. The van der Waals surface area contributed by atoms with Gasteiger partial charge >= 0.3 is 0 Å². The van der Waals surface area contributed by atoms with E-state index in [1.165, 1.54) is 28.2 Å². The maximum absolute atomic E-state index is 12.6. The molecule has 2 aromatic carbocycles. The normalized spacial score (nSPS) is 14.8. The Morgan fingerprint density at radius 3 is 2.43 bits per heavy atom. The Labute approximate surface area is 213 Å². The number of aromatic nitrogens is 1. The van der Waals surface area contributed by atoms with Crippen molar-refractivity contribution in [2.24, 2.45) is 0 Å². The van der Waals surface area contributed by atoms with E-state index in [-0.39, 0.29) is 11.4 Å². The minimum absolute atomic E-state index is 0.0454. The smallest absolute Gasteiger partial charge is 0.270 e. The van der Waals surface area contributed by atoms with Gasteiger partial charge in [-0.2, -0.15) is 0 Å². The molecule has 1 fully saturated rings. The van der Waals surface area contributed by atoms with Crippen LogP contribution in [-0.2, 0) is 16.6 Å². The molecule has 0 atom stereocenters. The summed E-state index contributed by atoms with van der Waals surface area (Å²) in [5, 5.41) is 11.7. The summed E-state index contributed by atoms with van der Waals surface area (Å²) < 4.78 is 32.3. The van der Waals surface area contributed by atoms with Gasteiger partial charge < -0.3 is 9.64 Å². The zero-order valence-electron chi connectivity index (χ0n) is 19.8. The van der Waals surface area contributed by atoms with E-state index < -0.39 is 14.9 Å². The van der Waals surface area contributed by atoms with Crippen LogP contribution in [0.3, 0.4) is 0 Å². The van der Waals surface area contributed by atoms with Crippen molar-refractivity contribution in [1.82, 2.24) is 13.8 Å². The van der Waals surface area contributed by atoms with Gasteiger partial charge in [0, 0.05) is 56.4 Å². The number of rotatable bonds is 7. The first-order valence-electron chi connectivity index (χ1n) is 11.0. The van der Waals surface area contributed by atoms with E-state index in [1.54, 1.807) is 13.3 Å². The molecular weight excluding hydrogens is 536 g/mol. The van der Waals surface area contributed by atoms with Crippen molar-refractivity contribution in [1.29, 1.82) is 0 Å². The second-order valence-corrected chi connectivity index (χ2v) is 10.9. The molecule has 2 heterocycles. The molecule has 0 amide bonds. The summed E-state index contributed by atoms with van der Waals surface area (Å²) in [6, 6.07) is 12.0. The molecule has 0 radical (unpaired) electrons. The fourth-order valence-corrected chi connectivity index (χ4v) is 5.46. The van der Waals surface area contributed by atoms with Crippen LogP contribution in [0.2, 0.25) is 0 Å². The van der Waals surface area contributed by atoms with E-state index in [9.17, 15) is 18.5 Å². The van der Waals surface area contributed by atoms with Crippen molar-refractivity contribution in [3.63, 3.8) is 0 Å². The molecule has 1 saturated heterocycles. The van der Waals surface area contributed by atoms with E-state index in [0.29, 0.717) is 17.4 Å². The highest BCUT2D eigenvalue weighted by Crippen LogP contribution is 2.29. The topological polar surface area (TPSA) is 97.9 Å². The van der Waals surface area contributed by atoms with Crippen molar-refractivity contribution < 1.29 is 18.1 Å². The van der Waals surface area contributed by atoms with Crippen molar-refractivity contribution in [2.75, 3.05) is 46.1 Å². The number of nitrogens with zero attached hydrogens (tertiary/aromatic N) is 4. The van der Waals surface area contributed by atoms with Gasteiger partial charge in [0.2, 0.25) is 10.0 Å². The highest BCUT2D eigenvalue weighted by molar-refractivity contribution is 9.10. The van der Waals surface area contributed by atoms with E-state index in [1.807, 2.05) is 24.3 Å². The Bertz CT molecular complexity index is 1300. The summed E-state index contributed by atoms with van der Waals surface area (Å²) in [6.07, 6.45) is 2.93. The monoisotopic (exact) mass is 564 g/mol. The lowest BCUT2D eigenvalue weighted by Gasteiger charge is -2.32. The summed E-state index contributed by atoms with van der Waals surface area (Å²) in [7, 11) is 0.120. The molecule has 1 aromatic heterocycles. The Morgan fingerprint density at radius 1 is 1.17 bits per heavy atom. The number of piperazine rings is 1. The number of halogens is 1. The number of nitro groups is 1. The molecule has 1 aliphatic rings. The van der Waals surface area contributed by atoms with Gasteiger partial charge in [0.05, 0.1) is 27.8 Å². The fourth-order valence-electron chi connectivity index (χ4n) is 3.81. The largest absolute Gasteiger partial charge is 0.496 e. The zero-order chi connectivity index (χ0) is 25.6. The molecule has 3 aromatic rings. The van der Waals surface area contributed by atoms with Crippen LogP contribution in [0.25, 0.3) is 10.9 Å². The number of nitro benzene ring substituents is 1. The molecule has 0 bridgehead atoms. The van der Waals surface area contributed by atoms with Crippen LogP contribution >= 0.6 is 15.9 Å². The van der Waals surface area contributed by atoms with Crippen LogP contribution in [0.5, 0.6) is 5.75 Å². The number of ether oxygens (including phenoxy) is 1. The Morgan fingerprint density at radius 2 is 1.86 bits per heavy atom. The van der Waals surface area contributed by atoms with Crippen LogP contribution in [-0.4, -0.2) is 73.2 Å². The molecule has 0 N–H and O–H groups in total. The summed E-state index contributed by atoms with van der Waals surface area (Å²) in [5.74, 6) is 0.680. The van der Waals surface area contributed by atoms with Crippen molar-refractivity contribution in [3.8, 4) is 5.75 Å². The van der Waals surface area contributed by atoms with Gasteiger partial charge in [-0.05, 0) is 46.7 Å². The quantitative estimate of drug-likeness (QED) is 0.242. The molecule has 4 rings (SSSR count). The molecule has 9 nitrogen and oxygen atoms in total. The standard InChI is InChI=1S/C17H22N4O4S.C7H7BrO/c1-3-10-26(24,25)20-13-14(12-19-8-6-18(2)7-9-19)16-11-15(21(22)23)4-5-17(16)20;1-9-7-5-3-2-4-6(7)8/h3-5,11,13H,1,6-10,12H2,2H3;2-5H,1H3. The van der Waals surface area contributed by atoms with Crippen LogP contribution in [0.15, 0.2) is 65.8 Å². The third-order valence-corrected chi connectivity index (χ3v) is 7.94. The molecule has 0 aliphatic carbocycles. The van der Waals surface area contributed by atoms with Crippen LogP contribution in [0.4, 0.5) is 5.69 Å². The minimum Gasteiger partial charge on any atom is -0.496 e. The van der Waals surface area contributed by atoms with Crippen LogP contribution < -0.4 is 4.74 Å². The minimum atomic E-state index is -3.60. The van der Waals surface area contributed by atoms with E-state index >= 15 is 0 Å². The average molecular weight is 565 g/mol.